The van der Waals surface area contributed by atoms with Gasteiger partial charge in [0.05, 0.1) is 19.3 Å². The van der Waals surface area contributed by atoms with Crippen molar-refractivity contribution in [2.24, 2.45) is 0 Å². The first-order valence-corrected chi connectivity index (χ1v) is 7.69. The van der Waals surface area contributed by atoms with Gasteiger partial charge in [0.25, 0.3) is 0 Å². The molecule has 1 saturated heterocycles. The number of nitrogens with zero attached hydrogens (tertiary/aromatic N) is 2. The van der Waals surface area contributed by atoms with Crippen molar-refractivity contribution in [3.63, 3.8) is 0 Å². The molecule has 5 nitrogen and oxygen atoms in total. The Bertz CT molecular complexity index is 526. The quantitative estimate of drug-likeness (QED) is 0.833. The van der Waals surface area contributed by atoms with E-state index in [1.807, 2.05) is 30.0 Å². The number of nitrogens with two attached hydrogens (primary N) is 1. The molecule has 1 aromatic rings. The normalized spacial score (nSPS) is 20.9. The third-order valence-electron chi connectivity index (χ3n) is 4.50. The monoisotopic (exact) mass is 289 g/mol. The maximum atomic E-state index is 12.9. The maximum Gasteiger partial charge on any atom is 0.244 e. The Labute approximate surface area is 125 Å². The second kappa shape index (κ2) is 6.03. The number of carbonyl (C=O) groups is 1. The van der Waals surface area contributed by atoms with Gasteiger partial charge in [0.2, 0.25) is 5.91 Å². The molecule has 0 bridgehead atoms. The van der Waals surface area contributed by atoms with Gasteiger partial charge < -0.3 is 15.4 Å². The van der Waals surface area contributed by atoms with Gasteiger partial charge in [0, 0.05) is 31.0 Å². The molecule has 114 valence electrons. The van der Waals surface area contributed by atoms with E-state index in [1.165, 1.54) is 0 Å². The fourth-order valence-corrected chi connectivity index (χ4v) is 3.23. The van der Waals surface area contributed by atoms with Crippen LogP contribution >= 0.6 is 0 Å². The zero-order chi connectivity index (χ0) is 14.8. The molecule has 1 atom stereocenters. The van der Waals surface area contributed by atoms with Crippen LogP contribution in [0.25, 0.3) is 0 Å². The Morgan fingerprint density at radius 3 is 2.81 bits per heavy atom. The van der Waals surface area contributed by atoms with Gasteiger partial charge in [-0.2, -0.15) is 0 Å². The lowest BCUT2D eigenvalue weighted by molar-refractivity contribution is -0.125. The average molecular weight is 289 g/mol. The number of nitrogen functional groups attached to an aromatic ring is 1. The van der Waals surface area contributed by atoms with Crippen LogP contribution in [0.4, 0.5) is 11.4 Å². The standard InChI is InChI=1S/C16H23N3O2/c1-12(18-8-10-21-11-9-18)16(20)19-7-3-4-13-14(17)5-2-6-15(13)19/h2,5-6,12H,3-4,7-11,17H2,1H3. The minimum absolute atomic E-state index is 0.110. The average Bonchev–Trinajstić information content (AvgIpc) is 2.54. The number of amides is 1. The molecular weight excluding hydrogens is 266 g/mol. The summed E-state index contributed by atoms with van der Waals surface area (Å²) in [7, 11) is 0. The highest BCUT2D eigenvalue weighted by molar-refractivity contribution is 5.98. The smallest absolute Gasteiger partial charge is 0.244 e. The van der Waals surface area contributed by atoms with Crippen LogP contribution < -0.4 is 10.6 Å². The van der Waals surface area contributed by atoms with Crippen LogP contribution in [0.3, 0.4) is 0 Å². The highest BCUT2D eigenvalue weighted by Crippen LogP contribution is 2.32. The Balaban J connectivity index is 1.81. The van der Waals surface area contributed by atoms with Crippen molar-refractivity contribution in [3.8, 4) is 0 Å². The molecular formula is C16H23N3O2. The van der Waals surface area contributed by atoms with Crippen LogP contribution in [0.15, 0.2) is 18.2 Å². The lowest BCUT2D eigenvalue weighted by Crippen LogP contribution is -2.52. The van der Waals surface area contributed by atoms with E-state index >= 15 is 0 Å². The van der Waals surface area contributed by atoms with E-state index in [1.54, 1.807) is 0 Å². The van der Waals surface area contributed by atoms with Gasteiger partial charge in [-0.05, 0) is 37.5 Å². The zero-order valence-electron chi connectivity index (χ0n) is 12.5. The summed E-state index contributed by atoms with van der Waals surface area (Å²) < 4.78 is 5.36. The Hall–Kier alpha value is -1.59. The predicted octanol–water partition coefficient (Wildman–Crippen LogP) is 1.27. The second-order valence-corrected chi connectivity index (χ2v) is 5.76. The summed E-state index contributed by atoms with van der Waals surface area (Å²) in [6.45, 7) is 5.84. The molecule has 0 aliphatic carbocycles. The van der Waals surface area contributed by atoms with Crippen LogP contribution in [0.5, 0.6) is 0 Å². The van der Waals surface area contributed by atoms with E-state index in [-0.39, 0.29) is 11.9 Å². The third-order valence-corrected chi connectivity index (χ3v) is 4.50. The predicted molar refractivity (Wildman–Crippen MR) is 83.4 cm³/mol. The Morgan fingerprint density at radius 2 is 2.05 bits per heavy atom. The summed E-state index contributed by atoms with van der Waals surface area (Å²) in [6, 6.07) is 5.74. The van der Waals surface area contributed by atoms with E-state index in [9.17, 15) is 4.79 Å². The van der Waals surface area contributed by atoms with E-state index in [2.05, 4.69) is 4.90 Å². The van der Waals surface area contributed by atoms with Gasteiger partial charge in [-0.25, -0.2) is 0 Å². The molecule has 1 amide bonds. The number of fused-ring (bicyclic) bond motifs is 1. The van der Waals surface area contributed by atoms with Crippen LogP contribution in [0.1, 0.15) is 18.9 Å². The van der Waals surface area contributed by atoms with E-state index in [0.29, 0.717) is 13.2 Å². The van der Waals surface area contributed by atoms with Gasteiger partial charge in [-0.3, -0.25) is 9.69 Å². The zero-order valence-corrected chi connectivity index (χ0v) is 12.5. The molecule has 0 radical (unpaired) electrons. The summed E-state index contributed by atoms with van der Waals surface area (Å²) in [4.78, 5) is 17.0. The highest BCUT2D eigenvalue weighted by Gasteiger charge is 2.30. The number of rotatable bonds is 2. The SMILES string of the molecule is CC(C(=O)N1CCCc2c(N)cccc21)N1CCOCC1. The molecule has 2 heterocycles. The van der Waals surface area contributed by atoms with Crippen molar-refractivity contribution in [1.82, 2.24) is 4.90 Å². The number of hydrogen-bond donors (Lipinski definition) is 1. The minimum atomic E-state index is -0.110. The van der Waals surface area contributed by atoms with Gasteiger partial charge in [-0.1, -0.05) is 6.07 Å². The Morgan fingerprint density at radius 1 is 1.29 bits per heavy atom. The van der Waals surface area contributed by atoms with Crippen molar-refractivity contribution < 1.29 is 9.53 Å². The largest absolute Gasteiger partial charge is 0.398 e. The highest BCUT2D eigenvalue weighted by atomic mass is 16.5. The number of morpholine rings is 1. The fourth-order valence-electron chi connectivity index (χ4n) is 3.23. The fraction of sp³-hybridized carbons (Fsp3) is 0.562. The van der Waals surface area contributed by atoms with Crippen LogP contribution in [-0.2, 0) is 16.0 Å². The number of carbonyl (C=O) groups excluding carboxylic acids is 1. The molecule has 0 spiro atoms. The van der Waals surface area contributed by atoms with Crippen molar-refractivity contribution in [3.05, 3.63) is 23.8 Å². The van der Waals surface area contributed by atoms with E-state index in [0.717, 1.165) is 49.4 Å². The van der Waals surface area contributed by atoms with Crippen LogP contribution in [0, 0.1) is 0 Å². The van der Waals surface area contributed by atoms with Gasteiger partial charge in [0.1, 0.15) is 0 Å². The van der Waals surface area contributed by atoms with Gasteiger partial charge in [-0.15, -0.1) is 0 Å². The molecule has 1 fully saturated rings. The minimum Gasteiger partial charge on any atom is -0.398 e. The summed E-state index contributed by atoms with van der Waals surface area (Å²) >= 11 is 0. The van der Waals surface area contributed by atoms with Crippen LogP contribution in [-0.4, -0.2) is 49.7 Å². The second-order valence-electron chi connectivity index (χ2n) is 5.76. The third kappa shape index (κ3) is 2.76. The molecule has 2 aliphatic rings. The molecule has 3 rings (SSSR count). The maximum absolute atomic E-state index is 12.9. The summed E-state index contributed by atoms with van der Waals surface area (Å²) in [5.74, 6) is 0.170. The molecule has 1 unspecified atom stereocenters. The van der Waals surface area contributed by atoms with E-state index in [4.69, 9.17) is 10.5 Å². The van der Waals surface area contributed by atoms with Gasteiger partial charge >= 0.3 is 0 Å². The van der Waals surface area contributed by atoms with Crippen molar-refractivity contribution in [2.45, 2.75) is 25.8 Å². The lowest BCUT2D eigenvalue weighted by atomic mass is 9.99. The Kier molecular flexibility index (Phi) is 4.12. The van der Waals surface area contributed by atoms with Crippen molar-refractivity contribution in [1.29, 1.82) is 0 Å². The lowest BCUT2D eigenvalue weighted by Gasteiger charge is -2.37. The molecule has 5 heteroatoms. The molecule has 1 aromatic carbocycles. The van der Waals surface area contributed by atoms with Gasteiger partial charge in [0.15, 0.2) is 0 Å². The number of hydrogen-bond acceptors (Lipinski definition) is 4. The van der Waals surface area contributed by atoms with E-state index < -0.39 is 0 Å². The molecule has 0 saturated carbocycles. The summed E-state index contributed by atoms with van der Waals surface area (Å²) in [5, 5.41) is 0. The topological polar surface area (TPSA) is 58.8 Å². The molecule has 2 N–H and O–H groups in total. The number of ether oxygens (including phenoxy) is 1. The van der Waals surface area contributed by atoms with Crippen LogP contribution in [0.2, 0.25) is 0 Å². The summed E-state index contributed by atoms with van der Waals surface area (Å²) in [5.41, 5.74) is 8.96. The molecule has 0 aromatic heterocycles. The first-order chi connectivity index (χ1) is 10.2. The van der Waals surface area contributed by atoms with Crippen molar-refractivity contribution in [2.75, 3.05) is 43.5 Å². The first-order valence-electron chi connectivity index (χ1n) is 7.69. The van der Waals surface area contributed by atoms with Crippen molar-refractivity contribution >= 4 is 17.3 Å². The number of anilines is 2. The summed E-state index contributed by atoms with van der Waals surface area (Å²) in [6.07, 6.45) is 1.93. The molecule has 21 heavy (non-hydrogen) atoms. The molecule has 2 aliphatic heterocycles. The number of benzene rings is 1. The first kappa shape index (κ1) is 14.4.